The zero-order valence-corrected chi connectivity index (χ0v) is 17.0. The number of imide groups is 1. The number of rotatable bonds is 8. The molecule has 0 saturated carbocycles. The number of hydrogen-bond donors (Lipinski definition) is 0. The number of hydrogen-bond acceptors (Lipinski definition) is 6. The summed E-state index contributed by atoms with van der Waals surface area (Å²) in [6, 6.07) is 13.9. The van der Waals surface area contributed by atoms with E-state index >= 15 is 0 Å². The maximum absolute atomic E-state index is 12.7. The van der Waals surface area contributed by atoms with Gasteiger partial charge in [-0.25, -0.2) is 0 Å². The molecule has 0 aliphatic carbocycles. The van der Waals surface area contributed by atoms with Crippen LogP contribution in [0.2, 0.25) is 0 Å². The first kappa shape index (κ1) is 20.7. The number of carbonyl (C=O) groups is 3. The number of carbonyl (C=O) groups excluding carboxylic acids is 3. The lowest BCUT2D eigenvalue weighted by atomic mass is 10.1. The van der Waals surface area contributed by atoms with Gasteiger partial charge in [-0.2, -0.15) is 0 Å². The Kier molecular flexibility index (Phi) is 6.72. The average Bonchev–Trinajstić information content (AvgIpc) is 2.98. The Labute approximate surface area is 173 Å². The first-order chi connectivity index (χ1) is 14.0. The summed E-state index contributed by atoms with van der Waals surface area (Å²) in [7, 11) is 0. The van der Waals surface area contributed by atoms with Crippen molar-refractivity contribution in [3.63, 3.8) is 0 Å². The molecule has 0 unspecified atom stereocenters. The summed E-state index contributed by atoms with van der Waals surface area (Å²) in [6.45, 7) is 4.46. The molecule has 0 radical (unpaired) electrons. The third-order valence-electron chi connectivity index (χ3n) is 4.14. The van der Waals surface area contributed by atoms with Crippen LogP contribution in [0.25, 0.3) is 6.08 Å². The summed E-state index contributed by atoms with van der Waals surface area (Å²) in [4.78, 5) is 38.6. The Morgan fingerprint density at radius 1 is 1.00 bits per heavy atom. The molecule has 0 bridgehead atoms. The lowest BCUT2D eigenvalue weighted by molar-refractivity contribution is -0.122. The molecule has 3 rings (SSSR count). The molecule has 150 valence electrons. The van der Waals surface area contributed by atoms with Crippen LogP contribution in [0.15, 0.2) is 53.4 Å². The highest BCUT2D eigenvalue weighted by Crippen LogP contribution is 2.34. The molecule has 1 aliphatic rings. The predicted octanol–water partition coefficient (Wildman–Crippen LogP) is 4.40. The lowest BCUT2D eigenvalue weighted by Crippen LogP contribution is -2.33. The van der Waals surface area contributed by atoms with Crippen LogP contribution in [0.4, 0.5) is 4.79 Å². The van der Waals surface area contributed by atoms with Crippen molar-refractivity contribution in [2.24, 2.45) is 0 Å². The number of benzene rings is 2. The van der Waals surface area contributed by atoms with Gasteiger partial charge in [-0.1, -0.05) is 36.4 Å². The van der Waals surface area contributed by atoms with E-state index in [0.29, 0.717) is 35.8 Å². The fourth-order valence-electron chi connectivity index (χ4n) is 2.80. The first-order valence-corrected chi connectivity index (χ1v) is 10.1. The Bertz CT molecular complexity index is 955. The Morgan fingerprint density at radius 3 is 2.38 bits per heavy atom. The quantitative estimate of drug-likeness (QED) is 0.473. The van der Waals surface area contributed by atoms with Crippen molar-refractivity contribution in [3.05, 3.63) is 64.6 Å². The fraction of sp³-hybridized carbons (Fsp3) is 0.227. The number of Topliss-reactive ketones (excluding diaryl/α,β-unsaturated/α-hetero) is 1. The van der Waals surface area contributed by atoms with E-state index in [4.69, 9.17) is 9.47 Å². The monoisotopic (exact) mass is 411 g/mol. The van der Waals surface area contributed by atoms with E-state index in [-0.39, 0.29) is 17.2 Å². The maximum Gasteiger partial charge on any atom is 0.293 e. The van der Waals surface area contributed by atoms with E-state index in [1.807, 2.05) is 13.8 Å². The highest BCUT2D eigenvalue weighted by Gasteiger charge is 2.36. The van der Waals surface area contributed by atoms with E-state index in [2.05, 4.69) is 0 Å². The second-order valence-electron chi connectivity index (χ2n) is 6.13. The number of nitrogens with zero attached hydrogens (tertiary/aromatic N) is 1. The van der Waals surface area contributed by atoms with Gasteiger partial charge in [0, 0.05) is 5.56 Å². The van der Waals surface area contributed by atoms with Gasteiger partial charge in [0.1, 0.15) is 0 Å². The Morgan fingerprint density at radius 2 is 1.69 bits per heavy atom. The van der Waals surface area contributed by atoms with Crippen LogP contribution in [0.1, 0.15) is 29.8 Å². The van der Waals surface area contributed by atoms with Crippen molar-refractivity contribution >= 4 is 34.8 Å². The fourth-order valence-corrected chi connectivity index (χ4v) is 3.64. The summed E-state index contributed by atoms with van der Waals surface area (Å²) in [5.74, 6) is 0.430. The molecule has 1 fully saturated rings. The van der Waals surface area contributed by atoms with Crippen LogP contribution in [0, 0.1) is 0 Å². The minimum Gasteiger partial charge on any atom is -0.490 e. The van der Waals surface area contributed by atoms with Crippen molar-refractivity contribution in [2.45, 2.75) is 13.8 Å². The van der Waals surface area contributed by atoms with E-state index in [1.54, 1.807) is 54.6 Å². The van der Waals surface area contributed by atoms with Gasteiger partial charge in [0.05, 0.1) is 24.7 Å². The van der Waals surface area contributed by atoms with Crippen molar-refractivity contribution in [3.8, 4) is 11.5 Å². The largest absolute Gasteiger partial charge is 0.490 e. The van der Waals surface area contributed by atoms with Gasteiger partial charge in [0.25, 0.3) is 11.1 Å². The molecule has 6 nitrogen and oxygen atoms in total. The molecule has 29 heavy (non-hydrogen) atoms. The van der Waals surface area contributed by atoms with Gasteiger partial charge in [-0.3, -0.25) is 19.3 Å². The summed E-state index contributed by atoms with van der Waals surface area (Å²) in [6.07, 6.45) is 1.62. The number of amides is 2. The van der Waals surface area contributed by atoms with Crippen molar-refractivity contribution in [1.29, 1.82) is 0 Å². The van der Waals surface area contributed by atoms with Crippen LogP contribution in [0.3, 0.4) is 0 Å². The van der Waals surface area contributed by atoms with E-state index in [9.17, 15) is 14.4 Å². The molecule has 2 aromatic carbocycles. The van der Waals surface area contributed by atoms with E-state index in [0.717, 1.165) is 16.7 Å². The summed E-state index contributed by atoms with van der Waals surface area (Å²) in [5, 5.41) is -0.457. The third-order valence-corrected chi connectivity index (χ3v) is 5.04. The second kappa shape index (κ2) is 9.43. The van der Waals surface area contributed by atoms with Gasteiger partial charge >= 0.3 is 0 Å². The molecule has 0 spiro atoms. The highest BCUT2D eigenvalue weighted by molar-refractivity contribution is 8.18. The molecule has 2 amide bonds. The van der Waals surface area contributed by atoms with E-state index in [1.165, 1.54) is 0 Å². The molecule has 7 heteroatoms. The van der Waals surface area contributed by atoms with Crippen LogP contribution < -0.4 is 9.47 Å². The Balaban J connectivity index is 1.79. The molecule has 0 aromatic heterocycles. The van der Waals surface area contributed by atoms with Crippen LogP contribution in [-0.2, 0) is 4.79 Å². The molecule has 1 heterocycles. The standard InChI is InChI=1S/C22H21NO5S/c1-3-27-18-11-10-15(12-19(18)28-4-2)13-20-21(25)23(22(26)29-20)14-17(24)16-8-6-5-7-9-16/h5-13H,3-4,14H2,1-2H3. The molecular weight excluding hydrogens is 390 g/mol. The molecule has 0 atom stereocenters. The van der Waals surface area contributed by atoms with Crippen LogP contribution >= 0.6 is 11.8 Å². The van der Waals surface area contributed by atoms with Crippen molar-refractivity contribution in [2.75, 3.05) is 19.8 Å². The maximum atomic E-state index is 12.7. The van der Waals surface area contributed by atoms with Crippen LogP contribution in [0.5, 0.6) is 11.5 Å². The average molecular weight is 411 g/mol. The molecule has 0 N–H and O–H groups in total. The van der Waals surface area contributed by atoms with Gasteiger partial charge in [0.2, 0.25) is 0 Å². The minimum absolute atomic E-state index is 0.266. The highest BCUT2D eigenvalue weighted by atomic mass is 32.2. The number of ketones is 1. The minimum atomic E-state index is -0.476. The van der Waals surface area contributed by atoms with Gasteiger partial charge in [-0.15, -0.1) is 0 Å². The molecule has 1 aliphatic heterocycles. The third kappa shape index (κ3) is 4.86. The summed E-state index contributed by atoms with van der Waals surface area (Å²) >= 11 is 0.822. The van der Waals surface area contributed by atoms with Gasteiger partial charge in [0.15, 0.2) is 17.3 Å². The lowest BCUT2D eigenvalue weighted by Gasteiger charge is -2.12. The molecule has 2 aromatic rings. The Hall–Kier alpha value is -3.06. The topological polar surface area (TPSA) is 72.9 Å². The van der Waals surface area contributed by atoms with Crippen LogP contribution in [-0.4, -0.2) is 41.6 Å². The summed E-state index contributed by atoms with van der Waals surface area (Å²) in [5.41, 5.74) is 1.17. The predicted molar refractivity (Wildman–Crippen MR) is 112 cm³/mol. The van der Waals surface area contributed by atoms with Gasteiger partial charge < -0.3 is 9.47 Å². The van der Waals surface area contributed by atoms with Gasteiger partial charge in [-0.05, 0) is 49.4 Å². The first-order valence-electron chi connectivity index (χ1n) is 9.26. The zero-order valence-electron chi connectivity index (χ0n) is 16.2. The number of thioether (sulfide) groups is 1. The van der Waals surface area contributed by atoms with Crippen molar-refractivity contribution in [1.82, 2.24) is 4.90 Å². The number of ether oxygens (including phenoxy) is 2. The molecular formula is C22H21NO5S. The summed E-state index contributed by atoms with van der Waals surface area (Å²) < 4.78 is 11.1. The van der Waals surface area contributed by atoms with Crippen molar-refractivity contribution < 1.29 is 23.9 Å². The SMILES string of the molecule is CCOc1ccc(C=C2SC(=O)N(CC(=O)c3ccccc3)C2=O)cc1OCC. The molecule has 1 saturated heterocycles. The van der Waals surface area contributed by atoms with E-state index < -0.39 is 11.1 Å². The smallest absolute Gasteiger partial charge is 0.293 e. The second-order valence-corrected chi connectivity index (χ2v) is 7.12. The normalized spacial score (nSPS) is 15.1. The zero-order chi connectivity index (χ0) is 20.8.